The van der Waals surface area contributed by atoms with Crippen LogP contribution in [0.25, 0.3) is 0 Å². The highest BCUT2D eigenvalue weighted by atomic mass is 16.2. The van der Waals surface area contributed by atoms with E-state index >= 15 is 0 Å². The lowest BCUT2D eigenvalue weighted by Crippen LogP contribution is -2.15. The maximum absolute atomic E-state index is 12.7. The molecule has 0 heterocycles. The highest BCUT2D eigenvalue weighted by Crippen LogP contribution is 2.22. The molecule has 3 aromatic carbocycles. The second kappa shape index (κ2) is 10.8. The van der Waals surface area contributed by atoms with Crippen LogP contribution >= 0.6 is 0 Å². The van der Waals surface area contributed by atoms with Crippen LogP contribution in [0.3, 0.4) is 0 Å². The van der Waals surface area contributed by atoms with Crippen LogP contribution in [0.1, 0.15) is 84.2 Å². The van der Waals surface area contributed by atoms with Crippen molar-refractivity contribution < 1.29 is 9.59 Å². The van der Waals surface area contributed by atoms with Gasteiger partial charge in [0, 0.05) is 22.5 Å². The van der Waals surface area contributed by atoms with Crippen LogP contribution in [0.4, 0.5) is 11.4 Å². The average molecular weight is 429 g/mol. The molecular formula is C28H32N2O2. The summed E-state index contributed by atoms with van der Waals surface area (Å²) >= 11 is 0. The second-order valence-electron chi connectivity index (χ2n) is 8.35. The van der Waals surface area contributed by atoms with Crippen LogP contribution in [0.5, 0.6) is 0 Å². The Hall–Kier alpha value is -3.40. The van der Waals surface area contributed by atoms with Crippen molar-refractivity contribution in [1.82, 2.24) is 0 Å². The summed E-state index contributed by atoms with van der Waals surface area (Å²) in [5.74, 6) is 0.491. The van der Waals surface area contributed by atoms with Gasteiger partial charge in [0.15, 0.2) is 0 Å². The SMILES string of the molecule is CCC(C)c1ccc(NC(=O)c2cccc(C(=O)Nc3ccc(C(C)CC)cc3)c2)cc1. The van der Waals surface area contributed by atoms with Gasteiger partial charge >= 0.3 is 0 Å². The van der Waals surface area contributed by atoms with Gasteiger partial charge in [0.05, 0.1) is 0 Å². The minimum atomic E-state index is -0.242. The molecule has 0 fully saturated rings. The van der Waals surface area contributed by atoms with Crippen LogP contribution in [0.2, 0.25) is 0 Å². The summed E-state index contributed by atoms with van der Waals surface area (Å²) in [6, 6.07) is 22.6. The molecule has 0 spiro atoms. The van der Waals surface area contributed by atoms with Crippen LogP contribution in [-0.2, 0) is 0 Å². The third-order valence-corrected chi connectivity index (χ3v) is 6.09. The van der Waals surface area contributed by atoms with E-state index in [0.717, 1.165) is 24.2 Å². The first-order valence-electron chi connectivity index (χ1n) is 11.3. The summed E-state index contributed by atoms with van der Waals surface area (Å²) in [7, 11) is 0. The molecule has 2 unspecified atom stereocenters. The summed E-state index contributed by atoms with van der Waals surface area (Å²) in [5.41, 5.74) is 4.85. The molecule has 0 bridgehead atoms. The van der Waals surface area contributed by atoms with Gasteiger partial charge in [0.2, 0.25) is 0 Å². The molecule has 0 aliphatic rings. The Bertz CT molecular complexity index is 973. The Balaban J connectivity index is 1.66. The van der Waals surface area contributed by atoms with Crippen molar-refractivity contribution in [3.05, 3.63) is 95.1 Å². The van der Waals surface area contributed by atoms with E-state index in [-0.39, 0.29) is 11.8 Å². The van der Waals surface area contributed by atoms with E-state index in [1.54, 1.807) is 24.3 Å². The van der Waals surface area contributed by atoms with Gasteiger partial charge in [-0.25, -0.2) is 0 Å². The highest BCUT2D eigenvalue weighted by molar-refractivity contribution is 6.08. The number of hydrogen-bond acceptors (Lipinski definition) is 2. The van der Waals surface area contributed by atoms with E-state index in [1.165, 1.54) is 11.1 Å². The number of nitrogens with one attached hydrogen (secondary N) is 2. The maximum atomic E-state index is 12.7. The van der Waals surface area contributed by atoms with Crippen LogP contribution in [0, 0.1) is 0 Å². The molecule has 2 amide bonds. The summed E-state index contributed by atoms with van der Waals surface area (Å²) < 4.78 is 0. The van der Waals surface area contributed by atoms with Gasteiger partial charge in [-0.3, -0.25) is 9.59 Å². The van der Waals surface area contributed by atoms with Gasteiger partial charge in [0.25, 0.3) is 11.8 Å². The Morgan fingerprint density at radius 3 is 1.38 bits per heavy atom. The van der Waals surface area contributed by atoms with Crippen LogP contribution in [0.15, 0.2) is 72.8 Å². The number of anilines is 2. The van der Waals surface area contributed by atoms with Crippen molar-refractivity contribution in [2.75, 3.05) is 10.6 Å². The first-order valence-corrected chi connectivity index (χ1v) is 11.3. The van der Waals surface area contributed by atoms with Crippen molar-refractivity contribution in [1.29, 1.82) is 0 Å². The van der Waals surface area contributed by atoms with Gasteiger partial charge in [-0.05, 0) is 78.3 Å². The summed E-state index contributed by atoms with van der Waals surface area (Å²) in [5, 5.41) is 5.82. The molecule has 0 aliphatic heterocycles. The molecule has 0 aliphatic carbocycles. The van der Waals surface area contributed by atoms with Gasteiger partial charge in [-0.15, -0.1) is 0 Å². The van der Waals surface area contributed by atoms with E-state index in [4.69, 9.17) is 0 Å². The number of amides is 2. The fraction of sp³-hybridized carbons (Fsp3) is 0.286. The van der Waals surface area contributed by atoms with Gasteiger partial charge in [-0.2, -0.15) is 0 Å². The maximum Gasteiger partial charge on any atom is 0.255 e. The molecular weight excluding hydrogens is 396 g/mol. The number of rotatable bonds is 8. The summed E-state index contributed by atoms with van der Waals surface area (Å²) in [6.45, 7) is 8.69. The number of carbonyl (C=O) groups excluding carboxylic acids is 2. The third-order valence-electron chi connectivity index (χ3n) is 6.09. The lowest BCUT2D eigenvalue weighted by Gasteiger charge is -2.12. The first kappa shape index (κ1) is 23.3. The van der Waals surface area contributed by atoms with Crippen molar-refractivity contribution in [3.63, 3.8) is 0 Å². The largest absolute Gasteiger partial charge is 0.322 e. The summed E-state index contributed by atoms with van der Waals surface area (Å²) in [6.07, 6.45) is 2.14. The zero-order valence-corrected chi connectivity index (χ0v) is 19.3. The van der Waals surface area contributed by atoms with Gasteiger partial charge < -0.3 is 10.6 Å². The predicted molar refractivity (Wildman–Crippen MR) is 133 cm³/mol. The van der Waals surface area contributed by atoms with E-state index in [0.29, 0.717) is 23.0 Å². The fourth-order valence-electron chi connectivity index (χ4n) is 3.47. The Labute approximate surface area is 191 Å². The molecule has 32 heavy (non-hydrogen) atoms. The molecule has 0 saturated heterocycles. The average Bonchev–Trinajstić information content (AvgIpc) is 2.84. The second-order valence-corrected chi connectivity index (χ2v) is 8.35. The lowest BCUT2D eigenvalue weighted by molar-refractivity contribution is 0.102. The standard InChI is InChI=1S/C28H32N2O2/c1-5-19(3)21-10-14-25(15-11-21)29-27(31)23-8-7-9-24(18-23)28(32)30-26-16-12-22(13-17-26)20(4)6-2/h7-20H,5-6H2,1-4H3,(H,29,31)(H,30,32). The van der Waals surface area contributed by atoms with Crippen molar-refractivity contribution in [3.8, 4) is 0 Å². The lowest BCUT2D eigenvalue weighted by atomic mass is 9.98. The molecule has 4 nitrogen and oxygen atoms in total. The monoisotopic (exact) mass is 428 g/mol. The van der Waals surface area contributed by atoms with Gasteiger partial charge in [-0.1, -0.05) is 58.0 Å². The molecule has 166 valence electrons. The molecule has 3 rings (SSSR count). The first-order chi connectivity index (χ1) is 15.4. The Morgan fingerprint density at radius 1 is 0.656 bits per heavy atom. The molecule has 2 N–H and O–H groups in total. The zero-order chi connectivity index (χ0) is 23.1. The summed E-state index contributed by atoms with van der Waals surface area (Å²) in [4.78, 5) is 25.4. The fourth-order valence-corrected chi connectivity index (χ4v) is 3.47. The van der Waals surface area contributed by atoms with E-state index in [9.17, 15) is 9.59 Å². The highest BCUT2D eigenvalue weighted by Gasteiger charge is 2.12. The van der Waals surface area contributed by atoms with E-state index in [1.807, 2.05) is 48.5 Å². The van der Waals surface area contributed by atoms with Crippen molar-refractivity contribution >= 4 is 23.2 Å². The topological polar surface area (TPSA) is 58.2 Å². The number of benzene rings is 3. The molecule has 0 saturated carbocycles. The molecule has 0 radical (unpaired) electrons. The number of hydrogen-bond donors (Lipinski definition) is 2. The van der Waals surface area contributed by atoms with Crippen molar-refractivity contribution in [2.45, 2.75) is 52.4 Å². The van der Waals surface area contributed by atoms with Crippen LogP contribution in [-0.4, -0.2) is 11.8 Å². The van der Waals surface area contributed by atoms with Crippen molar-refractivity contribution in [2.24, 2.45) is 0 Å². The quantitative estimate of drug-likeness (QED) is 0.398. The minimum Gasteiger partial charge on any atom is -0.322 e. The Morgan fingerprint density at radius 2 is 1.03 bits per heavy atom. The molecule has 0 aromatic heterocycles. The predicted octanol–water partition coefficient (Wildman–Crippen LogP) is 7.22. The molecule has 2 atom stereocenters. The number of carbonyl (C=O) groups is 2. The minimum absolute atomic E-state index is 0.242. The Kier molecular flexibility index (Phi) is 7.82. The molecule has 4 heteroatoms. The van der Waals surface area contributed by atoms with E-state index in [2.05, 4.69) is 38.3 Å². The smallest absolute Gasteiger partial charge is 0.255 e. The zero-order valence-electron chi connectivity index (χ0n) is 19.3. The normalized spacial score (nSPS) is 12.6. The third kappa shape index (κ3) is 5.85. The van der Waals surface area contributed by atoms with E-state index < -0.39 is 0 Å². The molecule has 3 aromatic rings. The van der Waals surface area contributed by atoms with Gasteiger partial charge in [0.1, 0.15) is 0 Å². The van der Waals surface area contributed by atoms with Crippen LogP contribution < -0.4 is 10.6 Å².